The molecule has 2 aromatic carbocycles. The van der Waals surface area contributed by atoms with Crippen molar-refractivity contribution in [1.82, 2.24) is 15.0 Å². The van der Waals surface area contributed by atoms with E-state index >= 15 is 0 Å². The van der Waals surface area contributed by atoms with E-state index in [2.05, 4.69) is 10.5 Å². The largest absolute Gasteiger partial charge is 0.393 e. The fourth-order valence-electron chi connectivity index (χ4n) is 4.19. The Morgan fingerprint density at radius 3 is 2.79 bits per heavy atom. The molecule has 0 unspecified atom stereocenters. The van der Waals surface area contributed by atoms with Crippen molar-refractivity contribution in [3.05, 3.63) is 87.9 Å². The molecular formula is C25H22FN3O4. The molecule has 1 amide bonds. The van der Waals surface area contributed by atoms with Gasteiger partial charge in [-0.3, -0.25) is 9.59 Å². The minimum Gasteiger partial charge on any atom is -0.393 e. The normalized spacial score (nSPS) is 17.7. The average Bonchev–Trinajstić information content (AvgIpc) is 3.20. The first kappa shape index (κ1) is 21.1. The maximum absolute atomic E-state index is 14.2. The van der Waals surface area contributed by atoms with E-state index in [0.717, 1.165) is 22.2 Å². The van der Waals surface area contributed by atoms with Crippen LogP contribution in [0.15, 0.2) is 64.2 Å². The lowest BCUT2D eigenvalue weighted by molar-refractivity contribution is 0.0562. The Balaban J connectivity index is 1.41. The summed E-state index contributed by atoms with van der Waals surface area (Å²) in [5.41, 5.74) is 3.02. The van der Waals surface area contributed by atoms with Gasteiger partial charge in [0.05, 0.1) is 18.3 Å². The maximum atomic E-state index is 14.2. The number of hydrogen-bond acceptors (Lipinski definition) is 5. The molecule has 2 heterocycles. The fraction of sp³-hybridized carbons (Fsp3) is 0.240. The third-order valence-electron chi connectivity index (χ3n) is 6.06. The number of nitrogens with one attached hydrogen (secondary N) is 1. The minimum absolute atomic E-state index is 0.103. The average molecular weight is 447 g/mol. The van der Waals surface area contributed by atoms with E-state index in [0.29, 0.717) is 23.8 Å². The zero-order valence-corrected chi connectivity index (χ0v) is 17.9. The zero-order chi connectivity index (χ0) is 23.1. The molecule has 1 aliphatic carbocycles. The van der Waals surface area contributed by atoms with Gasteiger partial charge in [-0.25, -0.2) is 4.39 Å². The third kappa shape index (κ3) is 4.17. The Hall–Kier alpha value is -3.78. The number of aromatic nitrogens is 2. The van der Waals surface area contributed by atoms with Gasteiger partial charge in [0.15, 0.2) is 0 Å². The van der Waals surface area contributed by atoms with Gasteiger partial charge in [-0.05, 0) is 72.7 Å². The highest BCUT2D eigenvalue weighted by Gasteiger charge is 2.28. The predicted octanol–water partition coefficient (Wildman–Crippen LogP) is 3.41. The van der Waals surface area contributed by atoms with E-state index in [9.17, 15) is 19.1 Å². The lowest BCUT2D eigenvalue weighted by Gasteiger charge is -2.31. The number of aliphatic hydroxyl groups is 1. The molecule has 1 aliphatic rings. The number of carbonyl (C=O) groups excluding carboxylic acids is 1. The molecule has 2 N–H and O–H groups in total. The standard InChI is InChI=1S/C25H22FN3O4/c1-14-23(13-33-28-14)16-2-3-22-17(8-16)4-5-29(25(22)32)12-15-6-18(9-19(26)7-15)24(31)27-20-10-21(30)11-20/h2-9,13,20-21,30H,10-12H2,1H3,(H,27,31)/t20-,21+. The van der Waals surface area contributed by atoms with Crippen LogP contribution in [-0.2, 0) is 6.54 Å². The van der Waals surface area contributed by atoms with Gasteiger partial charge in [0, 0.05) is 28.8 Å². The van der Waals surface area contributed by atoms with Crippen LogP contribution >= 0.6 is 0 Å². The molecule has 0 spiro atoms. The fourth-order valence-corrected chi connectivity index (χ4v) is 4.19. The van der Waals surface area contributed by atoms with Crippen LogP contribution in [0.25, 0.3) is 21.9 Å². The van der Waals surface area contributed by atoms with Gasteiger partial charge in [-0.1, -0.05) is 11.2 Å². The summed E-state index contributed by atoms with van der Waals surface area (Å²) in [7, 11) is 0. The molecule has 0 saturated heterocycles. The molecule has 0 aliphatic heterocycles. The molecule has 8 heteroatoms. The summed E-state index contributed by atoms with van der Waals surface area (Å²) in [6, 6.07) is 11.3. The molecule has 33 heavy (non-hydrogen) atoms. The highest BCUT2D eigenvalue weighted by molar-refractivity contribution is 5.94. The number of aliphatic hydroxyl groups excluding tert-OH is 1. The highest BCUT2D eigenvalue weighted by atomic mass is 19.1. The maximum Gasteiger partial charge on any atom is 0.258 e. The molecule has 4 aromatic rings. The van der Waals surface area contributed by atoms with Gasteiger partial charge in [0.1, 0.15) is 12.1 Å². The molecule has 0 radical (unpaired) electrons. The molecule has 1 saturated carbocycles. The van der Waals surface area contributed by atoms with Crippen LogP contribution in [0.1, 0.15) is 34.5 Å². The number of aryl methyl sites for hydroxylation is 1. The summed E-state index contributed by atoms with van der Waals surface area (Å²) in [6.07, 6.45) is 3.84. The second kappa shape index (κ2) is 8.29. The van der Waals surface area contributed by atoms with Crippen molar-refractivity contribution in [2.24, 2.45) is 0 Å². The Kier molecular flexibility index (Phi) is 5.30. The lowest BCUT2D eigenvalue weighted by atomic mass is 9.89. The van der Waals surface area contributed by atoms with Gasteiger partial charge in [-0.2, -0.15) is 0 Å². The Morgan fingerprint density at radius 2 is 2.06 bits per heavy atom. The van der Waals surface area contributed by atoms with Crippen LogP contribution < -0.4 is 10.9 Å². The number of rotatable bonds is 5. The first-order chi connectivity index (χ1) is 15.9. The molecule has 0 atom stereocenters. The topological polar surface area (TPSA) is 97.4 Å². The molecule has 5 rings (SSSR count). The molecule has 0 bridgehead atoms. The summed E-state index contributed by atoms with van der Waals surface area (Å²) in [4.78, 5) is 25.5. The van der Waals surface area contributed by atoms with Crippen LogP contribution in [0.5, 0.6) is 0 Å². The van der Waals surface area contributed by atoms with Crippen LogP contribution in [-0.4, -0.2) is 32.9 Å². The van der Waals surface area contributed by atoms with E-state index in [-0.39, 0.29) is 23.7 Å². The molecule has 2 aromatic heterocycles. The first-order valence-electron chi connectivity index (χ1n) is 10.7. The molecule has 1 fully saturated rings. The molecule has 168 valence electrons. The van der Waals surface area contributed by atoms with Gasteiger partial charge >= 0.3 is 0 Å². The Bertz CT molecular complexity index is 1420. The second-order valence-corrected chi connectivity index (χ2v) is 8.51. The van der Waals surface area contributed by atoms with Crippen molar-refractivity contribution in [3.63, 3.8) is 0 Å². The van der Waals surface area contributed by atoms with Crippen molar-refractivity contribution < 1.29 is 18.8 Å². The smallest absolute Gasteiger partial charge is 0.258 e. The van der Waals surface area contributed by atoms with Crippen LogP contribution in [0, 0.1) is 12.7 Å². The third-order valence-corrected chi connectivity index (χ3v) is 6.06. The first-order valence-corrected chi connectivity index (χ1v) is 10.7. The number of benzene rings is 2. The number of fused-ring (bicyclic) bond motifs is 1. The van der Waals surface area contributed by atoms with Gasteiger partial charge < -0.3 is 19.5 Å². The summed E-state index contributed by atoms with van der Waals surface area (Å²) in [6.45, 7) is 1.98. The van der Waals surface area contributed by atoms with E-state index in [1.165, 1.54) is 16.7 Å². The van der Waals surface area contributed by atoms with E-state index in [1.807, 2.05) is 25.1 Å². The zero-order valence-electron chi connectivity index (χ0n) is 17.9. The Morgan fingerprint density at radius 1 is 1.24 bits per heavy atom. The second-order valence-electron chi connectivity index (χ2n) is 8.51. The summed E-state index contributed by atoms with van der Waals surface area (Å²) in [5.74, 6) is -0.941. The van der Waals surface area contributed by atoms with E-state index in [4.69, 9.17) is 4.52 Å². The number of carbonyl (C=O) groups is 1. The lowest BCUT2D eigenvalue weighted by Crippen LogP contribution is -2.46. The van der Waals surface area contributed by atoms with Crippen molar-refractivity contribution in [3.8, 4) is 11.1 Å². The number of nitrogens with zero attached hydrogens (tertiary/aromatic N) is 2. The Labute approximate surface area is 188 Å². The monoisotopic (exact) mass is 447 g/mol. The molecule has 7 nitrogen and oxygen atoms in total. The van der Waals surface area contributed by atoms with Gasteiger partial charge in [0.2, 0.25) is 0 Å². The van der Waals surface area contributed by atoms with E-state index < -0.39 is 17.8 Å². The van der Waals surface area contributed by atoms with E-state index in [1.54, 1.807) is 24.6 Å². The summed E-state index contributed by atoms with van der Waals surface area (Å²) < 4.78 is 20.7. The highest BCUT2D eigenvalue weighted by Crippen LogP contribution is 2.25. The van der Waals surface area contributed by atoms with Crippen LogP contribution in [0.2, 0.25) is 0 Å². The SMILES string of the molecule is Cc1nocc1-c1ccc2c(=O)n(Cc3cc(F)cc(C(=O)N[C@H]4C[C@@H](O)C4)c3)ccc2c1. The number of pyridine rings is 1. The van der Waals surface area contributed by atoms with Crippen LogP contribution in [0.3, 0.4) is 0 Å². The van der Waals surface area contributed by atoms with Crippen molar-refractivity contribution in [2.75, 3.05) is 0 Å². The minimum atomic E-state index is -0.547. The number of amides is 1. The quantitative estimate of drug-likeness (QED) is 0.489. The molecular weight excluding hydrogens is 425 g/mol. The number of hydrogen-bond donors (Lipinski definition) is 2. The van der Waals surface area contributed by atoms with Crippen molar-refractivity contribution >= 4 is 16.7 Å². The number of halogens is 1. The van der Waals surface area contributed by atoms with Crippen molar-refractivity contribution in [1.29, 1.82) is 0 Å². The van der Waals surface area contributed by atoms with Crippen LogP contribution in [0.4, 0.5) is 4.39 Å². The van der Waals surface area contributed by atoms with Gasteiger partial charge in [0.25, 0.3) is 11.5 Å². The predicted molar refractivity (Wildman–Crippen MR) is 120 cm³/mol. The summed E-state index contributed by atoms with van der Waals surface area (Å²) >= 11 is 0. The van der Waals surface area contributed by atoms with Gasteiger partial charge in [-0.15, -0.1) is 0 Å². The summed E-state index contributed by atoms with van der Waals surface area (Å²) in [5, 5.41) is 17.4. The van der Waals surface area contributed by atoms with Crippen molar-refractivity contribution in [2.45, 2.75) is 38.5 Å².